The molecule has 0 aromatic heterocycles. The van der Waals surface area contributed by atoms with Gasteiger partial charge >= 0.3 is 0 Å². The van der Waals surface area contributed by atoms with Gasteiger partial charge in [-0.1, -0.05) is 0 Å². The van der Waals surface area contributed by atoms with Crippen molar-refractivity contribution in [3.05, 3.63) is 0 Å². The highest BCUT2D eigenvalue weighted by molar-refractivity contribution is 7.85. The van der Waals surface area contributed by atoms with Crippen molar-refractivity contribution >= 4 is 10.1 Å². The summed E-state index contributed by atoms with van der Waals surface area (Å²) in [5.74, 6) is -0.282. The fourth-order valence-corrected chi connectivity index (χ4v) is 4.99. The minimum atomic E-state index is -4.14. The molecule has 0 fully saturated rings. The predicted octanol–water partition coefficient (Wildman–Crippen LogP) is 3.13. The molecule has 0 saturated heterocycles. The van der Waals surface area contributed by atoms with Gasteiger partial charge in [-0.15, -0.1) is 0 Å². The van der Waals surface area contributed by atoms with Crippen LogP contribution in [-0.2, 0) is 10.1 Å². The Hall–Kier alpha value is -0.130. The molecule has 0 saturated carbocycles. The van der Waals surface area contributed by atoms with Crippen molar-refractivity contribution in [3.8, 4) is 0 Å². The van der Waals surface area contributed by atoms with Crippen molar-refractivity contribution in [1.82, 2.24) is 0 Å². The van der Waals surface area contributed by atoms with E-state index in [1.54, 1.807) is 0 Å². The minimum absolute atomic E-state index is 0.0524. The molecule has 0 spiro atoms. The lowest BCUT2D eigenvalue weighted by Gasteiger charge is -2.64. The summed E-state index contributed by atoms with van der Waals surface area (Å²) in [6.45, 7) is 20.4. The third-order valence-corrected chi connectivity index (χ3v) is 5.11. The molecule has 0 radical (unpaired) electrons. The SMILES string of the molecule is CC(C)(C)[N+](CCCS(=O)(=O)[O-])(C(C)(C)C)C(C)(C)C. The van der Waals surface area contributed by atoms with Gasteiger partial charge in [-0.05, 0) is 62.3 Å². The van der Waals surface area contributed by atoms with Gasteiger partial charge in [0.15, 0.2) is 0 Å². The quantitative estimate of drug-likeness (QED) is 0.592. The van der Waals surface area contributed by atoms with E-state index in [2.05, 4.69) is 62.3 Å². The number of nitrogens with zero attached hydrogens (tertiary/aromatic N) is 1. The molecule has 0 atom stereocenters. The minimum Gasteiger partial charge on any atom is -0.748 e. The van der Waals surface area contributed by atoms with Crippen molar-refractivity contribution in [2.75, 3.05) is 12.3 Å². The van der Waals surface area contributed by atoms with Crippen LogP contribution in [0.2, 0.25) is 0 Å². The topological polar surface area (TPSA) is 57.2 Å². The van der Waals surface area contributed by atoms with Gasteiger partial charge in [-0.25, -0.2) is 8.42 Å². The molecule has 4 nitrogen and oxygen atoms in total. The number of hydrogen-bond donors (Lipinski definition) is 0. The average Bonchev–Trinajstić information content (AvgIpc) is 2.03. The zero-order valence-electron chi connectivity index (χ0n) is 14.7. The van der Waals surface area contributed by atoms with Crippen molar-refractivity contribution in [3.63, 3.8) is 0 Å². The molecule has 0 bridgehead atoms. The fraction of sp³-hybridized carbons (Fsp3) is 1.00. The third kappa shape index (κ3) is 4.18. The van der Waals surface area contributed by atoms with Crippen LogP contribution in [0.5, 0.6) is 0 Å². The molecule has 0 aliphatic heterocycles. The molecule has 0 amide bonds. The van der Waals surface area contributed by atoms with E-state index in [0.29, 0.717) is 13.0 Å². The first-order valence-electron chi connectivity index (χ1n) is 7.28. The average molecular weight is 308 g/mol. The van der Waals surface area contributed by atoms with Gasteiger partial charge in [-0.3, -0.25) is 0 Å². The molecule has 0 rings (SSSR count). The molecule has 20 heavy (non-hydrogen) atoms. The van der Waals surface area contributed by atoms with Gasteiger partial charge in [-0.2, -0.15) is 0 Å². The lowest BCUT2D eigenvalue weighted by molar-refractivity contribution is -1.05. The van der Waals surface area contributed by atoms with Crippen molar-refractivity contribution in [1.29, 1.82) is 0 Å². The summed E-state index contributed by atoms with van der Waals surface area (Å²) in [7, 11) is -4.14. The Labute approximate surface area is 125 Å². The second kappa shape index (κ2) is 5.58. The fourth-order valence-electron chi connectivity index (χ4n) is 4.50. The first-order valence-corrected chi connectivity index (χ1v) is 8.85. The molecule has 0 aliphatic rings. The number of hydrogen-bond acceptors (Lipinski definition) is 3. The molecule has 0 N–H and O–H groups in total. The first-order chi connectivity index (χ1) is 8.46. The van der Waals surface area contributed by atoms with E-state index in [4.69, 9.17) is 0 Å². The Kier molecular flexibility index (Phi) is 5.54. The van der Waals surface area contributed by atoms with E-state index in [9.17, 15) is 13.0 Å². The highest BCUT2D eigenvalue weighted by Crippen LogP contribution is 2.43. The van der Waals surface area contributed by atoms with Crippen LogP contribution in [-0.4, -0.2) is 46.4 Å². The third-order valence-electron chi connectivity index (χ3n) is 4.32. The Morgan fingerprint density at radius 3 is 1.30 bits per heavy atom. The maximum atomic E-state index is 10.9. The van der Waals surface area contributed by atoms with Crippen LogP contribution in [0.1, 0.15) is 68.7 Å². The van der Waals surface area contributed by atoms with Crippen LogP contribution in [0.4, 0.5) is 0 Å². The van der Waals surface area contributed by atoms with Crippen molar-refractivity contribution < 1.29 is 17.5 Å². The summed E-state index contributed by atoms with van der Waals surface area (Å²) in [6.07, 6.45) is 0.400. The van der Waals surface area contributed by atoms with Gasteiger partial charge in [0, 0.05) is 12.2 Å². The summed E-state index contributed by atoms with van der Waals surface area (Å²) in [5.41, 5.74) is -0.157. The van der Waals surface area contributed by atoms with E-state index in [-0.39, 0.29) is 22.4 Å². The molecule has 0 aromatic rings. The molecule has 0 aliphatic carbocycles. The van der Waals surface area contributed by atoms with Gasteiger partial charge in [0.05, 0.1) is 33.3 Å². The molecule has 0 heterocycles. The van der Waals surface area contributed by atoms with Crippen LogP contribution in [0.3, 0.4) is 0 Å². The van der Waals surface area contributed by atoms with Gasteiger partial charge in [0.1, 0.15) is 0 Å². The zero-order valence-corrected chi connectivity index (χ0v) is 15.5. The highest BCUT2D eigenvalue weighted by atomic mass is 32.2. The largest absolute Gasteiger partial charge is 0.748 e. The van der Waals surface area contributed by atoms with Crippen LogP contribution >= 0.6 is 0 Å². The Balaban J connectivity index is 5.69. The van der Waals surface area contributed by atoms with Crippen LogP contribution in [0.15, 0.2) is 0 Å². The number of quaternary nitrogens is 1. The second-order valence-corrected chi connectivity index (χ2v) is 10.2. The summed E-state index contributed by atoms with van der Waals surface area (Å²) < 4.78 is 33.5. The summed E-state index contributed by atoms with van der Waals surface area (Å²) in [4.78, 5) is 0. The zero-order chi connectivity index (χ0) is 16.6. The van der Waals surface area contributed by atoms with Gasteiger partial charge in [0.25, 0.3) is 0 Å². The predicted molar refractivity (Wildman–Crippen MR) is 83.6 cm³/mol. The normalized spacial score (nSPS) is 15.5. The summed E-state index contributed by atoms with van der Waals surface area (Å²) in [6, 6.07) is 0. The van der Waals surface area contributed by atoms with E-state index in [1.165, 1.54) is 0 Å². The Morgan fingerprint density at radius 1 is 0.800 bits per heavy atom. The first kappa shape index (κ1) is 19.9. The van der Waals surface area contributed by atoms with Crippen molar-refractivity contribution in [2.45, 2.75) is 85.4 Å². The highest BCUT2D eigenvalue weighted by Gasteiger charge is 2.55. The molecule has 0 aromatic carbocycles. The lowest BCUT2D eigenvalue weighted by Crippen LogP contribution is -2.76. The van der Waals surface area contributed by atoms with E-state index in [1.807, 2.05) is 0 Å². The van der Waals surface area contributed by atoms with Crippen LogP contribution in [0.25, 0.3) is 0 Å². The van der Waals surface area contributed by atoms with Crippen LogP contribution < -0.4 is 0 Å². The smallest absolute Gasteiger partial charge is 0.0948 e. The number of rotatable bonds is 4. The maximum Gasteiger partial charge on any atom is 0.0948 e. The molecular weight excluding hydrogens is 274 g/mol. The standard InChI is InChI=1S/C15H33NO3S/c1-13(2,3)16(14(4,5)6,15(7,8)9)11-10-12-20(17,18)19/h10-12H2,1-9H3. The van der Waals surface area contributed by atoms with Gasteiger partial charge < -0.3 is 9.04 Å². The maximum absolute atomic E-state index is 10.9. The van der Waals surface area contributed by atoms with Crippen molar-refractivity contribution in [2.24, 2.45) is 0 Å². The van der Waals surface area contributed by atoms with Gasteiger partial charge in [0.2, 0.25) is 0 Å². The lowest BCUT2D eigenvalue weighted by atomic mass is 9.81. The van der Waals surface area contributed by atoms with Crippen LogP contribution in [0, 0.1) is 0 Å². The monoisotopic (exact) mass is 307 g/mol. The summed E-state index contributed by atoms with van der Waals surface area (Å²) >= 11 is 0. The van der Waals surface area contributed by atoms with E-state index in [0.717, 1.165) is 4.48 Å². The molecular formula is C15H33NO3S. The molecule has 5 heteroatoms. The van der Waals surface area contributed by atoms with E-state index >= 15 is 0 Å². The van der Waals surface area contributed by atoms with E-state index < -0.39 is 10.1 Å². The molecule has 0 unspecified atom stereocenters. The Morgan fingerprint density at radius 2 is 1.10 bits per heavy atom. The second-order valence-electron chi connectivity index (χ2n) is 8.66. The molecule has 122 valence electrons. The Bertz CT molecular complexity index is 383. The summed E-state index contributed by atoms with van der Waals surface area (Å²) in [5, 5.41) is 0.